The number of hydrogen-bond donors (Lipinski definition) is 2. The van der Waals surface area contributed by atoms with Crippen LogP contribution in [0.2, 0.25) is 0 Å². The highest BCUT2D eigenvalue weighted by atomic mass is 16.3. The van der Waals surface area contributed by atoms with E-state index in [2.05, 4.69) is 25.6 Å². The van der Waals surface area contributed by atoms with Gasteiger partial charge >= 0.3 is 5.56 Å². The van der Waals surface area contributed by atoms with Crippen LogP contribution in [0.5, 0.6) is 0 Å². The van der Waals surface area contributed by atoms with Crippen molar-refractivity contribution in [2.24, 2.45) is 5.29 Å². The summed E-state index contributed by atoms with van der Waals surface area (Å²) in [6, 6.07) is 0. The van der Waals surface area contributed by atoms with Gasteiger partial charge in [-0.2, -0.15) is 4.98 Å². The molecule has 0 spiro atoms. The summed E-state index contributed by atoms with van der Waals surface area (Å²) in [5.74, 6) is 0.0598. The minimum Gasteiger partial charge on any atom is -0.357 e. The molecule has 0 unspecified atom stereocenters. The standard InChI is InChI=1S/C6H6N6O2/c1-7-6-10-4-3(8-2-9-4)5(13)12(6)11-14/h2H,1H3,(H,7,10)(H,8,9). The Balaban J connectivity index is 2.93. The molecule has 8 nitrogen and oxygen atoms in total. The molecule has 0 atom stereocenters. The Morgan fingerprint density at radius 3 is 3.07 bits per heavy atom. The molecular weight excluding hydrogens is 188 g/mol. The van der Waals surface area contributed by atoms with E-state index < -0.39 is 5.56 Å². The van der Waals surface area contributed by atoms with E-state index in [9.17, 15) is 9.70 Å². The Morgan fingerprint density at radius 2 is 2.43 bits per heavy atom. The normalized spacial score (nSPS) is 10.4. The molecule has 0 aliphatic rings. The fourth-order valence-corrected chi connectivity index (χ4v) is 1.12. The van der Waals surface area contributed by atoms with Crippen molar-refractivity contribution in [2.45, 2.75) is 0 Å². The molecule has 2 aromatic rings. The lowest BCUT2D eigenvalue weighted by Gasteiger charge is -2.01. The first kappa shape index (κ1) is 8.35. The van der Waals surface area contributed by atoms with Gasteiger partial charge < -0.3 is 10.3 Å². The number of nitroso groups, excluding NO2 is 1. The van der Waals surface area contributed by atoms with Gasteiger partial charge in [-0.25, -0.2) is 4.98 Å². The highest BCUT2D eigenvalue weighted by Crippen LogP contribution is 2.05. The van der Waals surface area contributed by atoms with E-state index in [0.29, 0.717) is 4.68 Å². The van der Waals surface area contributed by atoms with Crippen LogP contribution < -0.4 is 10.9 Å². The number of anilines is 1. The number of nitrogens with one attached hydrogen (secondary N) is 2. The Kier molecular flexibility index (Phi) is 1.73. The van der Waals surface area contributed by atoms with Gasteiger partial charge in [-0.3, -0.25) is 4.79 Å². The molecule has 2 aromatic heterocycles. The maximum absolute atomic E-state index is 11.5. The number of nitrogens with zero attached hydrogens (tertiary/aromatic N) is 4. The molecular formula is C6H6N6O2. The van der Waals surface area contributed by atoms with Crippen molar-refractivity contribution in [3.05, 3.63) is 21.6 Å². The van der Waals surface area contributed by atoms with Crippen LogP contribution in [0.1, 0.15) is 0 Å². The summed E-state index contributed by atoms with van der Waals surface area (Å²) in [7, 11) is 1.53. The number of rotatable bonds is 2. The van der Waals surface area contributed by atoms with Crippen LogP contribution in [0.4, 0.5) is 5.95 Å². The van der Waals surface area contributed by atoms with E-state index in [1.807, 2.05) is 0 Å². The van der Waals surface area contributed by atoms with Crippen LogP contribution in [0.25, 0.3) is 11.2 Å². The highest BCUT2D eigenvalue weighted by molar-refractivity contribution is 5.69. The Morgan fingerprint density at radius 1 is 1.64 bits per heavy atom. The largest absolute Gasteiger partial charge is 0.357 e. The first-order valence-corrected chi connectivity index (χ1v) is 3.75. The number of H-pyrrole nitrogens is 1. The molecule has 0 amide bonds. The molecule has 0 saturated carbocycles. The maximum Gasteiger partial charge on any atom is 0.304 e. The fraction of sp³-hybridized carbons (Fsp3) is 0.167. The van der Waals surface area contributed by atoms with Crippen LogP contribution in [-0.4, -0.2) is 26.7 Å². The van der Waals surface area contributed by atoms with Gasteiger partial charge in [-0.05, 0) is 0 Å². The lowest BCUT2D eigenvalue weighted by Crippen LogP contribution is -2.20. The molecule has 2 heterocycles. The monoisotopic (exact) mass is 194 g/mol. The van der Waals surface area contributed by atoms with Crippen molar-refractivity contribution in [3.63, 3.8) is 0 Å². The number of aromatic nitrogens is 4. The average molecular weight is 194 g/mol. The number of imidazole rings is 1. The lowest BCUT2D eigenvalue weighted by molar-refractivity contribution is 0.810. The maximum atomic E-state index is 11.5. The Labute approximate surface area is 76.9 Å². The molecule has 72 valence electrons. The highest BCUT2D eigenvalue weighted by Gasteiger charge is 2.11. The van der Waals surface area contributed by atoms with Crippen molar-refractivity contribution in [1.29, 1.82) is 0 Å². The van der Waals surface area contributed by atoms with Crippen LogP contribution in [0.15, 0.2) is 16.4 Å². The number of aromatic amines is 1. The van der Waals surface area contributed by atoms with Crippen LogP contribution in [0, 0.1) is 4.91 Å². The van der Waals surface area contributed by atoms with E-state index in [4.69, 9.17) is 0 Å². The van der Waals surface area contributed by atoms with Gasteiger partial charge in [0.1, 0.15) is 0 Å². The van der Waals surface area contributed by atoms with E-state index >= 15 is 0 Å². The number of fused-ring (bicyclic) bond motifs is 1. The summed E-state index contributed by atoms with van der Waals surface area (Å²) in [5, 5.41) is 5.13. The van der Waals surface area contributed by atoms with E-state index in [0.717, 1.165) is 0 Å². The second kappa shape index (κ2) is 2.91. The second-order valence-electron chi connectivity index (χ2n) is 2.49. The lowest BCUT2D eigenvalue weighted by atomic mass is 10.5. The summed E-state index contributed by atoms with van der Waals surface area (Å²) in [6.07, 6.45) is 1.33. The smallest absolute Gasteiger partial charge is 0.304 e. The molecule has 2 rings (SSSR count). The van der Waals surface area contributed by atoms with Crippen molar-refractivity contribution < 1.29 is 0 Å². The quantitative estimate of drug-likeness (QED) is 0.638. The third kappa shape index (κ3) is 0.969. The SMILES string of the molecule is CNc1nc2nc[nH]c2c(=O)n1N=O. The van der Waals surface area contributed by atoms with Crippen LogP contribution in [-0.2, 0) is 0 Å². The molecule has 0 bridgehead atoms. The van der Waals surface area contributed by atoms with Crippen molar-refractivity contribution in [3.8, 4) is 0 Å². The Hall–Kier alpha value is -2.25. The fourth-order valence-electron chi connectivity index (χ4n) is 1.12. The summed E-state index contributed by atoms with van der Waals surface area (Å²) in [4.78, 5) is 32.2. The van der Waals surface area contributed by atoms with E-state index in [-0.39, 0.29) is 17.1 Å². The van der Waals surface area contributed by atoms with Gasteiger partial charge in [0.25, 0.3) is 0 Å². The first-order chi connectivity index (χ1) is 6.77. The van der Waals surface area contributed by atoms with Crippen molar-refractivity contribution in [2.75, 3.05) is 12.4 Å². The summed E-state index contributed by atoms with van der Waals surface area (Å²) in [5.41, 5.74) is -0.172. The van der Waals surface area contributed by atoms with Gasteiger partial charge in [0.2, 0.25) is 5.95 Å². The average Bonchev–Trinajstić information content (AvgIpc) is 2.65. The zero-order chi connectivity index (χ0) is 10.1. The first-order valence-electron chi connectivity index (χ1n) is 3.75. The zero-order valence-electron chi connectivity index (χ0n) is 7.18. The predicted molar refractivity (Wildman–Crippen MR) is 48.9 cm³/mol. The predicted octanol–water partition coefficient (Wildman–Crippen LogP) is -0.309. The summed E-state index contributed by atoms with van der Waals surface area (Å²) >= 11 is 0. The summed E-state index contributed by atoms with van der Waals surface area (Å²) in [6.45, 7) is 0. The molecule has 0 fully saturated rings. The minimum absolute atomic E-state index is 0.0598. The Bertz CT molecular complexity index is 541. The third-order valence-electron chi connectivity index (χ3n) is 1.74. The topological polar surface area (TPSA) is 105 Å². The minimum atomic E-state index is -0.577. The van der Waals surface area contributed by atoms with E-state index in [1.165, 1.54) is 13.4 Å². The van der Waals surface area contributed by atoms with Gasteiger partial charge in [-0.15, -0.1) is 9.58 Å². The van der Waals surface area contributed by atoms with Gasteiger partial charge in [-0.1, -0.05) is 0 Å². The molecule has 8 heteroatoms. The second-order valence-corrected chi connectivity index (χ2v) is 2.49. The summed E-state index contributed by atoms with van der Waals surface area (Å²) < 4.78 is 0.626. The van der Waals surface area contributed by atoms with Crippen molar-refractivity contribution >= 4 is 17.1 Å². The molecule has 14 heavy (non-hydrogen) atoms. The number of hydrogen-bond acceptors (Lipinski definition) is 6. The molecule has 0 aliphatic heterocycles. The van der Waals surface area contributed by atoms with Crippen LogP contribution in [0.3, 0.4) is 0 Å². The van der Waals surface area contributed by atoms with Gasteiger partial charge in [0, 0.05) is 7.05 Å². The van der Waals surface area contributed by atoms with Gasteiger partial charge in [0.15, 0.2) is 11.2 Å². The molecule has 0 aromatic carbocycles. The molecule has 0 radical (unpaired) electrons. The van der Waals surface area contributed by atoms with Crippen molar-refractivity contribution in [1.82, 2.24) is 19.6 Å². The van der Waals surface area contributed by atoms with E-state index in [1.54, 1.807) is 0 Å². The van der Waals surface area contributed by atoms with Crippen LogP contribution >= 0.6 is 0 Å². The molecule has 0 saturated heterocycles. The van der Waals surface area contributed by atoms with Gasteiger partial charge in [0.05, 0.1) is 11.6 Å². The molecule has 2 N–H and O–H groups in total. The molecule has 0 aliphatic carbocycles. The zero-order valence-corrected chi connectivity index (χ0v) is 7.18. The third-order valence-corrected chi connectivity index (χ3v) is 1.74.